The molecule has 1 aromatic heterocycles. The summed E-state index contributed by atoms with van der Waals surface area (Å²) in [5, 5.41) is 9.15. The molecular weight excluding hydrogens is 364 g/mol. The van der Waals surface area contributed by atoms with Crippen LogP contribution in [0.5, 0.6) is 0 Å². The highest BCUT2D eigenvalue weighted by Gasteiger charge is 2.11. The zero-order valence-electron chi connectivity index (χ0n) is 15.9. The summed E-state index contributed by atoms with van der Waals surface area (Å²) in [7, 11) is 0. The maximum absolute atomic E-state index is 12.6. The molecular formula is C23H20N4O2. The van der Waals surface area contributed by atoms with Crippen molar-refractivity contribution in [3.8, 4) is 5.69 Å². The molecule has 6 heteroatoms. The van der Waals surface area contributed by atoms with E-state index in [1.54, 1.807) is 6.92 Å². The molecule has 0 bridgehead atoms. The summed E-state index contributed by atoms with van der Waals surface area (Å²) in [5.41, 5.74) is 5.04. The Labute approximate surface area is 167 Å². The van der Waals surface area contributed by atoms with Crippen LogP contribution in [0, 0.1) is 6.92 Å². The lowest BCUT2D eigenvalue weighted by atomic mass is 10.0. The van der Waals surface area contributed by atoms with E-state index in [4.69, 9.17) is 0 Å². The molecule has 144 valence electrons. The summed E-state index contributed by atoms with van der Waals surface area (Å²) in [6, 6.07) is 23.1. The number of rotatable bonds is 5. The largest absolute Gasteiger partial charge is 0.295 e. The number of carbonyl (C=O) groups excluding carboxylic acids is 1. The average Bonchev–Trinajstić information content (AvgIpc) is 3.03. The molecule has 0 aliphatic rings. The van der Waals surface area contributed by atoms with E-state index in [9.17, 15) is 9.59 Å². The summed E-state index contributed by atoms with van der Waals surface area (Å²) in [5.74, 6) is -0.242. The van der Waals surface area contributed by atoms with Gasteiger partial charge in [-0.1, -0.05) is 60.7 Å². The van der Waals surface area contributed by atoms with Crippen molar-refractivity contribution in [1.29, 1.82) is 0 Å². The molecule has 0 unspecified atom stereocenters. The first-order valence-corrected chi connectivity index (χ1v) is 9.29. The van der Waals surface area contributed by atoms with Gasteiger partial charge in [0.05, 0.1) is 23.9 Å². The van der Waals surface area contributed by atoms with Gasteiger partial charge in [-0.05, 0) is 35.4 Å². The highest BCUT2D eigenvalue weighted by atomic mass is 16.2. The van der Waals surface area contributed by atoms with Crippen molar-refractivity contribution in [2.45, 2.75) is 13.3 Å². The summed E-state index contributed by atoms with van der Waals surface area (Å²) in [6.45, 7) is 1.79. The zero-order valence-corrected chi connectivity index (χ0v) is 15.9. The summed E-state index contributed by atoms with van der Waals surface area (Å²) >= 11 is 0. The highest BCUT2D eigenvalue weighted by molar-refractivity contribution is 5.90. The predicted molar refractivity (Wildman–Crippen MR) is 115 cm³/mol. The van der Waals surface area contributed by atoms with E-state index in [0.29, 0.717) is 11.3 Å². The zero-order chi connectivity index (χ0) is 20.2. The third kappa shape index (κ3) is 3.87. The molecule has 0 spiro atoms. The minimum Gasteiger partial charge on any atom is -0.295 e. The van der Waals surface area contributed by atoms with Crippen LogP contribution in [-0.2, 0) is 11.2 Å². The Bertz CT molecular complexity index is 1250. The van der Waals surface area contributed by atoms with E-state index in [1.165, 1.54) is 10.9 Å². The fourth-order valence-corrected chi connectivity index (χ4v) is 3.30. The van der Waals surface area contributed by atoms with Crippen LogP contribution in [0.15, 0.2) is 82.7 Å². The minimum atomic E-state index is -0.242. The first kappa shape index (κ1) is 18.4. The van der Waals surface area contributed by atoms with Gasteiger partial charge >= 0.3 is 0 Å². The first-order valence-electron chi connectivity index (χ1n) is 9.29. The van der Waals surface area contributed by atoms with Gasteiger partial charge in [-0.15, -0.1) is 0 Å². The number of hydrogen-bond donors (Lipinski definition) is 2. The molecule has 6 nitrogen and oxygen atoms in total. The molecule has 29 heavy (non-hydrogen) atoms. The quantitative estimate of drug-likeness (QED) is 0.409. The fraction of sp³-hybridized carbons (Fsp3) is 0.0870. The van der Waals surface area contributed by atoms with Crippen molar-refractivity contribution < 1.29 is 4.79 Å². The SMILES string of the molecule is Cc1[nH]n(-c2ccccc2)c(=O)c1C=NNC(=O)Cc1cccc2ccccc12. The van der Waals surface area contributed by atoms with Crippen LogP contribution in [0.4, 0.5) is 0 Å². The molecule has 4 rings (SSSR count). The van der Waals surface area contributed by atoms with E-state index in [0.717, 1.165) is 22.0 Å². The number of nitrogens with one attached hydrogen (secondary N) is 2. The molecule has 0 atom stereocenters. The molecule has 2 N–H and O–H groups in total. The second-order valence-corrected chi connectivity index (χ2v) is 6.73. The third-order valence-corrected chi connectivity index (χ3v) is 4.75. The van der Waals surface area contributed by atoms with Crippen LogP contribution in [-0.4, -0.2) is 21.9 Å². The van der Waals surface area contributed by atoms with Crippen molar-refractivity contribution in [3.05, 3.63) is 100.0 Å². The Morgan fingerprint density at radius 1 is 1.03 bits per heavy atom. The molecule has 0 saturated carbocycles. The van der Waals surface area contributed by atoms with Crippen molar-refractivity contribution in [2.75, 3.05) is 0 Å². The van der Waals surface area contributed by atoms with E-state index >= 15 is 0 Å². The number of aryl methyl sites for hydroxylation is 1. The molecule has 1 heterocycles. The van der Waals surface area contributed by atoms with Gasteiger partial charge in [0.1, 0.15) is 0 Å². The number of H-pyrrole nitrogens is 1. The number of aromatic amines is 1. The molecule has 0 aliphatic carbocycles. The lowest BCUT2D eigenvalue weighted by Gasteiger charge is -2.05. The van der Waals surface area contributed by atoms with Crippen LogP contribution in [0.3, 0.4) is 0 Å². The van der Waals surface area contributed by atoms with Crippen LogP contribution in [0.25, 0.3) is 16.5 Å². The molecule has 0 radical (unpaired) electrons. The molecule has 0 fully saturated rings. The van der Waals surface area contributed by atoms with Gasteiger partial charge in [0.15, 0.2) is 0 Å². The minimum absolute atomic E-state index is 0.207. The maximum Gasteiger partial charge on any atom is 0.280 e. The molecule has 0 saturated heterocycles. The van der Waals surface area contributed by atoms with Crippen LogP contribution in [0.2, 0.25) is 0 Å². The lowest BCUT2D eigenvalue weighted by molar-refractivity contribution is -0.120. The van der Waals surface area contributed by atoms with Gasteiger partial charge in [0, 0.05) is 5.69 Å². The van der Waals surface area contributed by atoms with Gasteiger partial charge in [-0.2, -0.15) is 5.10 Å². The Hall–Kier alpha value is -3.93. The Kier molecular flexibility index (Phi) is 5.07. The fourth-order valence-electron chi connectivity index (χ4n) is 3.30. The topological polar surface area (TPSA) is 79.2 Å². The first-order chi connectivity index (χ1) is 14.1. The van der Waals surface area contributed by atoms with Crippen molar-refractivity contribution in [1.82, 2.24) is 15.2 Å². The second kappa shape index (κ2) is 7.98. The van der Waals surface area contributed by atoms with Crippen LogP contribution < -0.4 is 11.0 Å². The number of amides is 1. The van der Waals surface area contributed by atoms with E-state index in [-0.39, 0.29) is 17.9 Å². The van der Waals surface area contributed by atoms with Gasteiger partial charge < -0.3 is 0 Å². The summed E-state index contributed by atoms with van der Waals surface area (Å²) in [6.07, 6.45) is 1.59. The van der Waals surface area contributed by atoms with E-state index in [1.807, 2.05) is 72.8 Å². The summed E-state index contributed by atoms with van der Waals surface area (Å²) in [4.78, 5) is 25.0. The van der Waals surface area contributed by atoms with Crippen LogP contribution in [0.1, 0.15) is 16.8 Å². The Morgan fingerprint density at radius 3 is 2.59 bits per heavy atom. The number of para-hydroxylation sites is 1. The Morgan fingerprint density at radius 2 is 1.76 bits per heavy atom. The normalized spacial score (nSPS) is 11.2. The van der Waals surface area contributed by atoms with Crippen molar-refractivity contribution >= 4 is 22.9 Å². The lowest BCUT2D eigenvalue weighted by Crippen LogP contribution is -2.21. The molecule has 3 aromatic carbocycles. The average molecular weight is 384 g/mol. The van der Waals surface area contributed by atoms with Crippen molar-refractivity contribution in [2.24, 2.45) is 5.10 Å². The van der Waals surface area contributed by atoms with Gasteiger partial charge in [0.2, 0.25) is 5.91 Å². The van der Waals surface area contributed by atoms with Crippen molar-refractivity contribution in [3.63, 3.8) is 0 Å². The standard InChI is InChI=1S/C23H20N4O2/c1-16-21(23(29)27(26-16)19-11-3-2-4-12-19)15-24-25-22(28)14-18-10-7-9-17-8-5-6-13-20(17)18/h2-13,15,26H,14H2,1H3,(H,25,28). The number of fused-ring (bicyclic) bond motifs is 1. The maximum atomic E-state index is 12.6. The van der Waals surface area contributed by atoms with Gasteiger partial charge in [-0.25, -0.2) is 10.1 Å². The number of benzene rings is 3. The monoisotopic (exact) mass is 384 g/mol. The number of nitrogens with zero attached hydrogens (tertiary/aromatic N) is 2. The van der Waals surface area contributed by atoms with Gasteiger partial charge in [0.25, 0.3) is 5.56 Å². The molecule has 0 aliphatic heterocycles. The second-order valence-electron chi connectivity index (χ2n) is 6.73. The third-order valence-electron chi connectivity index (χ3n) is 4.75. The number of carbonyl (C=O) groups is 1. The Balaban J connectivity index is 1.49. The molecule has 1 amide bonds. The van der Waals surface area contributed by atoms with E-state index < -0.39 is 0 Å². The van der Waals surface area contributed by atoms with E-state index in [2.05, 4.69) is 15.6 Å². The number of aromatic nitrogens is 2. The number of hydrogen-bond acceptors (Lipinski definition) is 3. The smallest absolute Gasteiger partial charge is 0.280 e. The summed E-state index contributed by atoms with van der Waals surface area (Å²) < 4.78 is 1.45. The van der Waals surface area contributed by atoms with Crippen LogP contribution >= 0.6 is 0 Å². The predicted octanol–water partition coefficient (Wildman–Crippen LogP) is 3.32. The number of hydrazone groups is 1. The molecule has 4 aromatic rings. The highest BCUT2D eigenvalue weighted by Crippen LogP contribution is 2.18. The van der Waals surface area contributed by atoms with Gasteiger partial charge in [-0.3, -0.25) is 14.7 Å².